The molecule has 1 aromatic heterocycles. The second-order valence-corrected chi connectivity index (χ2v) is 4.91. The molecule has 1 aliphatic heterocycles. The summed E-state index contributed by atoms with van der Waals surface area (Å²) in [5.74, 6) is -0.304. The van der Waals surface area contributed by atoms with Crippen LogP contribution in [0.5, 0.6) is 0 Å². The molecule has 1 saturated heterocycles. The Morgan fingerprint density at radius 1 is 1.65 bits per heavy atom. The second kappa shape index (κ2) is 6.65. The Balaban J connectivity index is 2.20. The lowest BCUT2D eigenvalue weighted by molar-refractivity contribution is 0.0711. The molecule has 1 aliphatic rings. The van der Waals surface area contributed by atoms with Crippen molar-refractivity contribution in [1.29, 1.82) is 0 Å². The third kappa shape index (κ3) is 3.25. The Bertz CT molecular complexity index is 475. The molecule has 2 rings (SSSR count). The van der Waals surface area contributed by atoms with Crippen LogP contribution in [0, 0.1) is 5.82 Å². The Morgan fingerprint density at radius 3 is 3.10 bits per heavy atom. The van der Waals surface area contributed by atoms with Crippen molar-refractivity contribution in [2.24, 2.45) is 0 Å². The first-order valence-electron chi connectivity index (χ1n) is 6.87. The number of anilines is 1. The average molecular weight is 281 g/mol. The maximum absolute atomic E-state index is 13.4. The summed E-state index contributed by atoms with van der Waals surface area (Å²) in [6.45, 7) is 3.89. The molecule has 0 aromatic carbocycles. The van der Waals surface area contributed by atoms with E-state index in [2.05, 4.69) is 10.3 Å². The SMILES string of the molecule is CCCNc1ncc(F)cc1C(=O)N(C)C1CCOC1. The van der Waals surface area contributed by atoms with Crippen LogP contribution < -0.4 is 5.32 Å². The lowest BCUT2D eigenvalue weighted by Crippen LogP contribution is -2.37. The van der Waals surface area contributed by atoms with Crippen molar-refractivity contribution in [2.45, 2.75) is 25.8 Å². The molecule has 0 bridgehead atoms. The van der Waals surface area contributed by atoms with Gasteiger partial charge < -0.3 is 15.0 Å². The van der Waals surface area contributed by atoms with Gasteiger partial charge in [-0.1, -0.05) is 6.92 Å². The Kier molecular flexibility index (Phi) is 4.89. The molecule has 6 heteroatoms. The van der Waals surface area contributed by atoms with Crippen LogP contribution in [0.3, 0.4) is 0 Å². The van der Waals surface area contributed by atoms with Crippen molar-refractivity contribution in [3.63, 3.8) is 0 Å². The first-order chi connectivity index (χ1) is 9.63. The predicted molar refractivity (Wildman–Crippen MR) is 74.3 cm³/mol. The molecular formula is C14H20FN3O2. The summed E-state index contributed by atoms with van der Waals surface area (Å²) in [6, 6.07) is 1.28. The number of halogens is 1. The van der Waals surface area contributed by atoms with Gasteiger partial charge in [0.2, 0.25) is 0 Å². The number of nitrogens with one attached hydrogen (secondary N) is 1. The van der Waals surface area contributed by atoms with Crippen LogP contribution in [0.4, 0.5) is 10.2 Å². The molecule has 20 heavy (non-hydrogen) atoms. The summed E-state index contributed by atoms with van der Waals surface area (Å²) in [5.41, 5.74) is 0.271. The van der Waals surface area contributed by atoms with Gasteiger partial charge in [0.05, 0.1) is 24.4 Å². The van der Waals surface area contributed by atoms with E-state index in [1.807, 2.05) is 6.92 Å². The lowest BCUT2D eigenvalue weighted by atomic mass is 10.1. The van der Waals surface area contributed by atoms with Crippen molar-refractivity contribution < 1.29 is 13.9 Å². The number of hydrogen-bond donors (Lipinski definition) is 1. The van der Waals surface area contributed by atoms with E-state index in [4.69, 9.17) is 4.74 Å². The van der Waals surface area contributed by atoms with E-state index in [1.165, 1.54) is 6.07 Å². The average Bonchev–Trinajstić information content (AvgIpc) is 2.98. The maximum Gasteiger partial charge on any atom is 0.257 e. The fourth-order valence-electron chi connectivity index (χ4n) is 2.17. The zero-order valence-electron chi connectivity index (χ0n) is 11.9. The largest absolute Gasteiger partial charge is 0.379 e. The highest BCUT2D eigenvalue weighted by Gasteiger charge is 2.27. The number of likely N-dealkylation sites (N-methyl/N-ethyl adjacent to an activating group) is 1. The topological polar surface area (TPSA) is 54.5 Å². The van der Waals surface area contributed by atoms with Gasteiger partial charge in [0.15, 0.2) is 0 Å². The van der Waals surface area contributed by atoms with Gasteiger partial charge >= 0.3 is 0 Å². The number of ether oxygens (including phenoxy) is 1. The van der Waals surface area contributed by atoms with E-state index in [-0.39, 0.29) is 17.5 Å². The molecule has 1 atom stereocenters. The van der Waals surface area contributed by atoms with Crippen LogP contribution in [-0.2, 0) is 4.74 Å². The number of hydrogen-bond acceptors (Lipinski definition) is 4. The fourth-order valence-corrected chi connectivity index (χ4v) is 2.17. The summed E-state index contributed by atoms with van der Waals surface area (Å²) in [4.78, 5) is 18.1. The number of pyridine rings is 1. The normalized spacial score (nSPS) is 18.1. The van der Waals surface area contributed by atoms with Gasteiger partial charge in [0.1, 0.15) is 11.6 Å². The zero-order valence-corrected chi connectivity index (χ0v) is 11.9. The van der Waals surface area contributed by atoms with E-state index in [0.29, 0.717) is 25.6 Å². The van der Waals surface area contributed by atoms with E-state index in [1.54, 1.807) is 11.9 Å². The van der Waals surface area contributed by atoms with Crippen LogP contribution in [-0.4, -0.2) is 48.6 Å². The smallest absolute Gasteiger partial charge is 0.257 e. The van der Waals surface area contributed by atoms with E-state index in [9.17, 15) is 9.18 Å². The molecule has 110 valence electrons. The van der Waals surface area contributed by atoms with Crippen LogP contribution in [0.1, 0.15) is 30.1 Å². The molecule has 1 N–H and O–H groups in total. The summed E-state index contributed by atoms with van der Waals surface area (Å²) in [6.07, 6.45) is 2.83. The molecule has 1 aromatic rings. The number of nitrogens with zero attached hydrogens (tertiary/aromatic N) is 2. The number of amides is 1. The number of aromatic nitrogens is 1. The standard InChI is InChI=1S/C14H20FN3O2/c1-3-5-16-13-12(7-10(15)8-17-13)14(19)18(2)11-4-6-20-9-11/h7-8,11H,3-6,9H2,1-2H3,(H,16,17). The minimum absolute atomic E-state index is 0.0461. The molecule has 0 aliphatic carbocycles. The summed E-state index contributed by atoms with van der Waals surface area (Å²) >= 11 is 0. The van der Waals surface area contributed by atoms with Crippen molar-refractivity contribution in [1.82, 2.24) is 9.88 Å². The highest BCUT2D eigenvalue weighted by Crippen LogP contribution is 2.19. The molecule has 0 saturated carbocycles. The van der Waals surface area contributed by atoms with Crippen LogP contribution in [0.15, 0.2) is 12.3 Å². The molecular weight excluding hydrogens is 261 g/mol. The van der Waals surface area contributed by atoms with Crippen LogP contribution in [0.25, 0.3) is 0 Å². The van der Waals surface area contributed by atoms with E-state index in [0.717, 1.165) is 19.0 Å². The molecule has 2 heterocycles. The Hall–Kier alpha value is -1.69. The molecule has 0 radical (unpaired) electrons. The minimum Gasteiger partial charge on any atom is -0.379 e. The van der Waals surface area contributed by atoms with Crippen LogP contribution in [0.2, 0.25) is 0 Å². The monoisotopic (exact) mass is 281 g/mol. The van der Waals surface area contributed by atoms with Gasteiger partial charge in [-0.25, -0.2) is 9.37 Å². The predicted octanol–water partition coefficient (Wildman–Crippen LogP) is 1.90. The quantitative estimate of drug-likeness (QED) is 0.895. The lowest BCUT2D eigenvalue weighted by Gasteiger charge is -2.24. The second-order valence-electron chi connectivity index (χ2n) is 4.91. The third-order valence-electron chi connectivity index (χ3n) is 3.40. The van der Waals surface area contributed by atoms with Crippen molar-refractivity contribution in [3.05, 3.63) is 23.6 Å². The van der Waals surface area contributed by atoms with Gasteiger partial charge in [0.25, 0.3) is 5.91 Å². The Morgan fingerprint density at radius 2 is 2.45 bits per heavy atom. The Labute approximate surface area is 118 Å². The van der Waals surface area contributed by atoms with Gasteiger partial charge in [-0.2, -0.15) is 0 Å². The first kappa shape index (κ1) is 14.7. The number of rotatable bonds is 5. The van der Waals surface area contributed by atoms with Crippen molar-refractivity contribution >= 4 is 11.7 Å². The molecule has 1 fully saturated rings. The molecule has 0 spiro atoms. The summed E-state index contributed by atoms with van der Waals surface area (Å²) in [7, 11) is 1.72. The maximum atomic E-state index is 13.4. The molecule has 1 unspecified atom stereocenters. The van der Waals surface area contributed by atoms with Crippen molar-refractivity contribution in [2.75, 3.05) is 32.1 Å². The zero-order chi connectivity index (χ0) is 14.5. The van der Waals surface area contributed by atoms with Crippen molar-refractivity contribution in [3.8, 4) is 0 Å². The summed E-state index contributed by atoms with van der Waals surface area (Å²) < 4.78 is 18.7. The van der Waals surface area contributed by atoms with Gasteiger partial charge in [-0.15, -0.1) is 0 Å². The van der Waals surface area contributed by atoms with Gasteiger partial charge in [-0.05, 0) is 18.9 Å². The fraction of sp³-hybridized carbons (Fsp3) is 0.571. The first-order valence-corrected chi connectivity index (χ1v) is 6.87. The van der Waals surface area contributed by atoms with Gasteiger partial charge in [0, 0.05) is 20.2 Å². The third-order valence-corrected chi connectivity index (χ3v) is 3.40. The number of carbonyl (C=O) groups is 1. The van der Waals surface area contributed by atoms with Gasteiger partial charge in [-0.3, -0.25) is 4.79 Å². The number of carbonyl (C=O) groups excluding carboxylic acids is 1. The minimum atomic E-state index is -0.508. The molecule has 1 amide bonds. The highest BCUT2D eigenvalue weighted by atomic mass is 19.1. The summed E-state index contributed by atoms with van der Waals surface area (Å²) in [5, 5.41) is 3.06. The van der Waals surface area contributed by atoms with E-state index < -0.39 is 5.82 Å². The highest BCUT2D eigenvalue weighted by molar-refractivity contribution is 5.98. The molecule has 5 nitrogen and oxygen atoms in total. The van der Waals surface area contributed by atoms with E-state index >= 15 is 0 Å². The van der Waals surface area contributed by atoms with Crippen LogP contribution >= 0.6 is 0 Å².